The SMILES string of the molecule is CCCC1CC1N1C(=O)C2(CCCC2)NC(=O)C1CC. The smallest absolute Gasteiger partial charge is 0.249 e. The van der Waals surface area contributed by atoms with Crippen molar-refractivity contribution in [3.8, 4) is 0 Å². The first-order chi connectivity index (χ1) is 9.63. The molecule has 3 rings (SSSR count). The molecule has 1 N–H and O–H groups in total. The second-order valence-corrected chi connectivity index (χ2v) is 6.77. The topological polar surface area (TPSA) is 49.4 Å². The van der Waals surface area contributed by atoms with Crippen LogP contribution >= 0.6 is 0 Å². The minimum Gasteiger partial charge on any atom is -0.340 e. The summed E-state index contributed by atoms with van der Waals surface area (Å²) in [4.78, 5) is 27.4. The Balaban J connectivity index is 1.83. The summed E-state index contributed by atoms with van der Waals surface area (Å²) in [5.74, 6) is 0.920. The molecule has 4 nitrogen and oxygen atoms in total. The summed E-state index contributed by atoms with van der Waals surface area (Å²) < 4.78 is 0. The van der Waals surface area contributed by atoms with Gasteiger partial charge in [0.05, 0.1) is 0 Å². The second-order valence-electron chi connectivity index (χ2n) is 6.77. The third-order valence-corrected chi connectivity index (χ3v) is 5.39. The number of nitrogens with zero attached hydrogens (tertiary/aromatic N) is 1. The minimum atomic E-state index is -0.553. The van der Waals surface area contributed by atoms with Crippen LogP contribution < -0.4 is 5.32 Å². The first-order valence-electron chi connectivity index (χ1n) is 8.27. The third-order valence-electron chi connectivity index (χ3n) is 5.39. The van der Waals surface area contributed by atoms with Gasteiger partial charge in [-0.2, -0.15) is 0 Å². The van der Waals surface area contributed by atoms with Crippen LogP contribution in [0.3, 0.4) is 0 Å². The van der Waals surface area contributed by atoms with Crippen molar-refractivity contribution in [3.05, 3.63) is 0 Å². The predicted octanol–water partition coefficient (Wildman–Crippen LogP) is 2.22. The van der Waals surface area contributed by atoms with Gasteiger partial charge in [0.2, 0.25) is 11.8 Å². The highest BCUT2D eigenvalue weighted by molar-refractivity contribution is 6.00. The molecule has 1 aliphatic heterocycles. The number of hydrogen-bond acceptors (Lipinski definition) is 2. The Morgan fingerprint density at radius 1 is 1.25 bits per heavy atom. The quantitative estimate of drug-likeness (QED) is 0.857. The van der Waals surface area contributed by atoms with Gasteiger partial charge < -0.3 is 10.2 Å². The molecular formula is C16H26N2O2. The first kappa shape index (κ1) is 13.9. The van der Waals surface area contributed by atoms with Gasteiger partial charge in [0.25, 0.3) is 0 Å². The molecule has 0 radical (unpaired) electrons. The van der Waals surface area contributed by atoms with E-state index in [1.165, 1.54) is 6.42 Å². The maximum atomic E-state index is 13.0. The van der Waals surface area contributed by atoms with E-state index < -0.39 is 5.54 Å². The monoisotopic (exact) mass is 278 g/mol. The molecule has 3 aliphatic rings. The van der Waals surface area contributed by atoms with Gasteiger partial charge in [0.1, 0.15) is 11.6 Å². The molecule has 2 saturated carbocycles. The van der Waals surface area contributed by atoms with Crippen LogP contribution in [-0.2, 0) is 9.59 Å². The van der Waals surface area contributed by atoms with Crippen molar-refractivity contribution in [2.24, 2.45) is 5.92 Å². The van der Waals surface area contributed by atoms with E-state index in [0.717, 1.165) is 44.9 Å². The molecule has 3 atom stereocenters. The van der Waals surface area contributed by atoms with Crippen molar-refractivity contribution < 1.29 is 9.59 Å². The summed E-state index contributed by atoms with van der Waals surface area (Å²) >= 11 is 0. The predicted molar refractivity (Wildman–Crippen MR) is 77.1 cm³/mol. The Kier molecular flexibility index (Phi) is 3.51. The number of amides is 2. The average molecular weight is 278 g/mol. The summed E-state index contributed by atoms with van der Waals surface area (Å²) in [5, 5.41) is 3.07. The van der Waals surface area contributed by atoms with Gasteiger partial charge in [-0.25, -0.2) is 0 Å². The summed E-state index contributed by atoms with van der Waals surface area (Å²) in [7, 11) is 0. The van der Waals surface area contributed by atoms with E-state index in [2.05, 4.69) is 12.2 Å². The van der Waals surface area contributed by atoms with Crippen LogP contribution in [0.5, 0.6) is 0 Å². The molecule has 112 valence electrons. The number of carbonyl (C=O) groups excluding carboxylic acids is 2. The van der Waals surface area contributed by atoms with Crippen LogP contribution in [0, 0.1) is 5.92 Å². The van der Waals surface area contributed by atoms with Crippen LogP contribution in [0.1, 0.15) is 65.2 Å². The molecule has 2 aliphatic carbocycles. The van der Waals surface area contributed by atoms with Crippen LogP contribution in [0.15, 0.2) is 0 Å². The molecule has 0 aromatic heterocycles. The molecule has 3 fully saturated rings. The number of nitrogens with one attached hydrogen (secondary N) is 1. The third kappa shape index (κ3) is 2.04. The van der Waals surface area contributed by atoms with E-state index in [9.17, 15) is 9.59 Å². The normalized spacial score (nSPS) is 35.5. The maximum absolute atomic E-state index is 13.0. The zero-order chi connectivity index (χ0) is 14.3. The van der Waals surface area contributed by atoms with Crippen LogP contribution in [-0.4, -0.2) is 34.3 Å². The van der Waals surface area contributed by atoms with E-state index in [1.807, 2.05) is 11.8 Å². The van der Waals surface area contributed by atoms with E-state index in [-0.39, 0.29) is 17.9 Å². The van der Waals surface area contributed by atoms with Crippen LogP contribution in [0.2, 0.25) is 0 Å². The van der Waals surface area contributed by atoms with Crippen molar-refractivity contribution in [2.75, 3.05) is 0 Å². The molecule has 0 aromatic rings. The Morgan fingerprint density at radius 2 is 1.95 bits per heavy atom. The highest BCUT2D eigenvalue weighted by Gasteiger charge is 2.57. The summed E-state index contributed by atoms with van der Waals surface area (Å²) in [5.41, 5.74) is -0.553. The fourth-order valence-corrected chi connectivity index (χ4v) is 4.22. The van der Waals surface area contributed by atoms with Gasteiger partial charge >= 0.3 is 0 Å². The number of carbonyl (C=O) groups is 2. The molecule has 1 saturated heterocycles. The van der Waals surface area contributed by atoms with E-state index in [0.29, 0.717) is 12.0 Å². The highest BCUT2D eigenvalue weighted by Crippen LogP contribution is 2.45. The molecule has 2 amide bonds. The first-order valence-corrected chi connectivity index (χ1v) is 8.27. The van der Waals surface area contributed by atoms with Crippen molar-refractivity contribution in [2.45, 2.75) is 82.8 Å². The van der Waals surface area contributed by atoms with Crippen molar-refractivity contribution in [1.29, 1.82) is 0 Å². The Labute approximate surface area is 121 Å². The lowest BCUT2D eigenvalue weighted by Gasteiger charge is -2.44. The fraction of sp³-hybridized carbons (Fsp3) is 0.875. The molecule has 20 heavy (non-hydrogen) atoms. The van der Waals surface area contributed by atoms with Crippen molar-refractivity contribution in [1.82, 2.24) is 10.2 Å². The standard InChI is InChI=1S/C16H26N2O2/c1-3-7-11-10-13(11)18-12(4-2)14(19)17-16(15(18)20)8-5-6-9-16/h11-13H,3-10H2,1-2H3,(H,17,19). The largest absolute Gasteiger partial charge is 0.340 e. The van der Waals surface area contributed by atoms with Gasteiger partial charge in [0.15, 0.2) is 0 Å². The average Bonchev–Trinajstić information content (AvgIpc) is 3.01. The lowest BCUT2D eigenvalue weighted by molar-refractivity contribution is -0.156. The van der Waals surface area contributed by atoms with E-state index in [1.54, 1.807) is 0 Å². The Morgan fingerprint density at radius 3 is 2.55 bits per heavy atom. The lowest BCUT2D eigenvalue weighted by Crippen LogP contribution is -2.69. The van der Waals surface area contributed by atoms with Gasteiger partial charge in [-0.15, -0.1) is 0 Å². The molecule has 4 heteroatoms. The van der Waals surface area contributed by atoms with E-state index in [4.69, 9.17) is 0 Å². The zero-order valence-electron chi connectivity index (χ0n) is 12.7. The van der Waals surface area contributed by atoms with E-state index >= 15 is 0 Å². The minimum absolute atomic E-state index is 0.0798. The van der Waals surface area contributed by atoms with Gasteiger partial charge in [-0.1, -0.05) is 33.1 Å². The summed E-state index contributed by atoms with van der Waals surface area (Å²) in [6, 6.07) is 0.0940. The molecule has 1 spiro atoms. The molecule has 1 heterocycles. The maximum Gasteiger partial charge on any atom is 0.249 e. The Bertz CT molecular complexity index is 415. The van der Waals surface area contributed by atoms with Gasteiger partial charge in [-0.3, -0.25) is 9.59 Å². The Hall–Kier alpha value is -1.06. The molecule has 0 bridgehead atoms. The van der Waals surface area contributed by atoms with Crippen molar-refractivity contribution in [3.63, 3.8) is 0 Å². The summed E-state index contributed by atoms with van der Waals surface area (Å²) in [6.07, 6.45) is 7.93. The number of rotatable bonds is 4. The van der Waals surface area contributed by atoms with Gasteiger partial charge in [-0.05, 0) is 38.0 Å². The second kappa shape index (κ2) is 5.05. The van der Waals surface area contributed by atoms with Crippen LogP contribution in [0.25, 0.3) is 0 Å². The van der Waals surface area contributed by atoms with Crippen molar-refractivity contribution >= 4 is 11.8 Å². The number of hydrogen-bond donors (Lipinski definition) is 1. The fourth-order valence-electron chi connectivity index (χ4n) is 4.22. The zero-order valence-corrected chi connectivity index (χ0v) is 12.7. The van der Waals surface area contributed by atoms with Crippen LogP contribution in [0.4, 0.5) is 0 Å². The summed E-state index contributed by atoms with van der Waals surface area (Å²) in [6.45, 7) is 4.20. The lowest BCUT2D eigenvalue weighted by atomic mass is 9.89. The van der Waals surface area contributed by atoms with Gasteiger partial charge in [0, 0.05) is 6.04 Å². The molecular weight excluding hydrogens is 252 g/mol. The molecule has 3 unspecified atom stereocenters. The number of piperazine rings is 1. The molecule has 0 aromatic carbocycles. The highest BCUT2D eigenvalue weighted by atomic mass is 16.2.